The van der Waals surface area contributed by atoms with Crippen molar-refractivity contribution in [2.24, 2.45) is 14.1 Å². The summed E-state index contributed by atoms with van der Waals surface area (Å²) in [6.45, 7) is 22.1. The number of ether oxygens (including phenoxy) is 1. The van der Waals surface area contributed by atoms with Crippen molar-refractivity contribution in [2.45, 2.75) is 124 Å². The molecule has 5 aliphatic rings. The van der Waals surface area contributed by atoms with E-state index in [4.69, 9.17) is 13.7 Å². The molecule has 4 amide bonds. The molecule has 0 atom stereocenters. The molecule has 18 rings (SSSR count). The van der Waals surface area contributed by atoms with Crippen LogP contribution in [0.3, 0.4) is 0 Å². The van der Waals surface area contributed by atoms with Crippen LogP contribution >= 0.6 is 0 Å². The van der Waals surface area contributed by atoms with Crippen LogP contribution in [0.2, 0.25) is 0 Å². The third-order valence-corrected chi connectivity index (χ3v) is 21.9. The second-order valence-electron chi connectivity index (χ2n) is 34.4. The fraction of sp³-hybridized carbons (Fsp3) is 0.426. The largest absolute Gasteiger partial charge is 0.470 e. The number of nitrogens with one attached hydrogen (secondary N) is 10. The van der Waals surface area contributed by atoms with E-state index in [0.29, 0.717) is 37.4 Å². The minimum absolute atomic E-state index is 0.00741. The molecule has 2 saturated carbocycles. The van der Waals surface area contributed by atoms with E-state index in [2.05, 4.69) is 153 Å². The van der Waals surface area contributed by atoms with Crippen molar-refractivity contribution in [1.29, 1.82) is 0 Å². The molecule has 0 radical (unpaired) electrons. The molecule has 13 aromatic rings. The van der Waals surface area contributed by atoms with E-state index in [1.165, 1.54) is 37.1 Å². The van der Waals surface area contributed by atoms with Gasteiger partial charge in [0.2, 0.25) is 0 Å². The number of aryl methyl sites for hydroxylation is 7. The van der Waals surface area contributed by atoms with Crippen LogP contribution in [0.5, 0.6) is 0 Å². The summed E-state index contributed by atoms with van der Waals surface area (Å²) in [4.78, 5) is 86.4. The van der Waals surface area contributed by atoms with E-state index in [1.54, 1.807) is 119 Å². The lowest BCUT2D eigenvalue weighted by Gasteiger charge is -2.27. The lowest BCUT2D eigenvalue weighted by Crippen LogP contribution is -2.40. The van der Waals surface area contributed by atoms with E-state index >= 15 is 0 Å². The number of rotatable bonds is 19. The van der Waals surface area contributed by atoms with Crippen molar-refractivity contribution in [1.82, 2.24) is 98.8 Å². The van der Waals surface area contributed by atoms with Crippen molar-refractivity contribution in [3.8, 4) is 11.4 Å². The Hall–Kier alpha value is -15.0. The number of carbonyl (C=O) groups is 4. The standard InChI is InChI=1S/C12H17N3O2.C12H17N3O.C11H14N4.C11H15N3O.C10H15N3O.C9H10N4.2C8H13N3.C8H14N2O.C7H10N2.C5H7NO/c1-9-7-10(8-11(13-2)14-9)12(16)15-3-5-17-6-4-15;1-9-7-10(8-11(13-2)14-9)12(16)15-5-3-4-6-15;1-8-6-9(2)15(14-8)10-4-5-13-11(7-10)12-3;1-12-10-8-9(4-5-13-10)11(15)14-6-2-3-7-14;1-7-5-8(10(14)13(3)4)6-9(11-2)12-7;1-10-9-7-8(3-5-11-9)13-6-2-4-12-13;2*1-9-8-5-7(6-3-4-6)10-11(8)2;1-8(2,3)6-5-7(9-4)10-11-6;1-9(2)7-5-3-4-6-8-7;1-6-5-2-3-7-4-5/h7-8H,3-6H2,1-2H3,(H,13,14);7-8H,3-6H2,1-2H3,(H,13,14);4-7H,1-3H3,(H,12,13);4-5,8H,2-3,6-7H2,1H3,(H,12,13);5-6H,1-4H3,(H,11,12);2-7H,1H3,(H,10,11);2*5-6,9H,3-4H2,1-2H3;5H,1-4H3,(H,9,10);3-6H,1-2H3;2-4,6H,1H3. The maximum atomic E-state index is 12.2. The van der Waals surface area contributed by atoms with Crippen LogP contribution in [0.15, 0.2) is 186 Å². The van der Waals surface area contributed by atoms with E-state index < -0.39 is 0 Å². The third kappa shape index (κ3) is 35.9. The van der Waals surface area contributed by atoms with Crippen LogP contribution in [-0.4, -0.2) is 274 Å². The van der Waals surface area contributed by atoms with Gasteiger partial charge in [-0.05, 0) is 177 Å². The molecule has 10 N–H and O–H groups in total. The lowest BCUT2D eigenvalue weighted by atomic mass is 9.93. The number of amides is 4. The van der Waals surface area contributed by atoms with Crippen molar-refractivity contribution in [3.63, 3.8) is 0 Å². The molecule has 13 aromatic heterocycles. The maximum absolute atomic E-state index is 12.2. The first-order valence-electron chi connectivity index (χ1n) is 46.7. The Kier molecular flexibility index (Phi) is 44.0. The number of hydrogen-bond donors (Lipinski definition) is 10. The predicted octanol–water partition coefficient (Wildman–Crippen LogP) is 15.5. The third-order valence-electron chi connectivity index (χ3n) is 21.9. The van der Waals surface area contributed by atoms with Crippen LogP contribution < -0.4 is 58.1 Å². The Labute approximate surface area is 818 Å². The summed E-state index contributed by atoms with van der Waals surface area (Å²) >= 11 is 0. The quantitative estimate of drug-likeness (QED) is 0.0359. The zero-order valence-corrected chi connectivity index (χ0v) is 85.5. The smallest absolute Gasteiger partial charge is 0.254 e. The van der Waals surface area contributed by atoms with E-state index in [-0.39, 0.29) is 29.0 Å². The van der Waals surface area contributed by atoms with Crippen molar-refractivity contribution < 1.29 is 32.9 Å². The predicted molar refractivity (Wildman–Crippen MR) is 557 cm³/mol. The highest BCUT2D eigenvalue weighted by atomic mass is 16.5. The van der Waals surface area contributed by atoms with Gasteiger partial charge in [-0.3, -0.25) is 28.5 Å². The molecule has 0 bridgehead atoms. The zero-order valence-electron chi connectivity index (χ0n) is 85.5. The minimum atomic E-state index is -0.00741. The van der Waals surface area contributed by atoms with E-state index in [1.807, 2.05) is 231 Å². The number of anilines is 11. The molecule has 3 saturated heterocycles. The number of hydrogen-bond acceptors (Lipinski definition) is 30. The number of pyridine rings is 7. The second-order valence-corrected chi connectivity index (χ2v) is 34.4. The average molecular weight is 1910 g/mol. The Morgan fingerprint density at radius 2 is 0.878 bits per heavy atom. The highest BCUT2D eigenvalue weighted by Crippen LogP contribution is 2.41. The second kappa shape index (κ2) is 55.9. The Bertz CT molecular complexity index is 5780. The topological polar surface area (TPSA) is 415 Å². The molecule has 0 aromatic carbocycles. The van der Waals surface area contributed by atoms with Crippen LogP contribution in [0.1, 0.15) is 171 Å². The van der Waals surface area contributed by atoms with Gasteiger partial charge in [-0.15, -0.1) is 0 Å². The number of likely N-dealkylation sites (tertiary alicyclic amines) is 2. The van der Waals surface area contributed by atoms with Gasteiger partial charge in [0.05, 0.1) is 53.6 Å². The minimum Gasteiger partial charge on any atom is -0.470 e. The molecule has 38 heteroatoms. The normalized spacial score (nSPS) is 13.0. The number of morpholine rings is 1. The van der Waals surface area contributed by atoms with Crippen LogP contribution in [0, 0.1) is 34.6 Å². The first-order chi connectivity index (χ1) is 66.7. The highest BCUT2D eigenvalue weighted by Gasteiger charge is 2.29. The van der Waals surface area contributed by atoms with Gasteiger partial charge in [-0.25, -0.2) is 44.3 Å². The summed E-state index contributed by atoms with van der Waals surface area (Å²) < 4.78 is 22.6. The SMILES string of the molecule is CN(C)c1ccccn1.CNc1cc(-n2cccn2)ccn1.CNc1cc(-n2nc(C)cc2C)ccn1.CNc1cc(C(=O)N(C)C)cc(C)n1.CNc1cc(C(=O)N2CCCC2)cc(C)n1.CNc1cc(C(=O)N2CCCC2)ccn1.CNc1cc(C(=O)N2CCOCC2)cc(C)n1.CNc1cc(C(C)(C)C)on1.CNc1cc(C2CC2)nn1C.CNc1cc(C2CC2)nn1C.CNc1ccoc1. The summed E-state index contributed by atoms with van der Waals surface area (Å²) in [5, 5.41) is 50.9. The first-order valence-corrected chi connectivity index (χ1v) is 46.7. The molecule has 746 valence electrons. The molecule has 139 heavy (non-hydrogen) atoms. The molecular weight excluding hydrogens is 1760 g/mol. The molecule has 16 heterocycles. The molecule has 2 aliphatic carbocycles. The van der Waals surface area contributed by atoms with E-state index in [0.717, 1.165) is 184 Å². The van der Waals surface area contributed by atoms with Crippen LogP contribution in [0.25, 0.3) is 11.4 Å². The van der Waals surface area contributed by atoms with Gasteiger partial charge in [0.15, 0.2) is 5.82 Å². The van der Waals surface area contributed by atoms with Crippen molar-refractivity contribution in [2.75, 3.05) is 209 Å². The van der Waals surface area contributed by atoms with Crippen LogP contribution in [0.4, 0.5) is 63.9 Å². The van der Waals surface area contributed by atoms with Gasteiger partial charge >= 0.3 is 0 Å². The molecule has 3 aliphatic heterocycles. The number of aromatic nitrogens is 16. The fourth-order valence-electron chi connectivity index (χ4n) is 13.9. The number of furan rings is 1. The first kappa shape index (κ1) is 109. The molecule has 0 unspecified atom stereocenters. The number of carbonyl (C=O) groups excluding carboxylic acids is 4. The van der Waals surface area contributed by atoms with Crippen molar-refractivity contribution >= 4 is 87.5 Å². The monoisotopic (exact) mass is 1900 g/mol. The summed E-state index contributed by atoms with van der Waals surface area (Å²) in [7, 11) is 29.8. The molecule has 0 spiro atoms. The van der Waals surface area contributed by atoms with Gasteiger partial charge in [0.25, 0.3) is 23.6 Å². The Morgan fingerprint density at radius 3 is 1.25 bits per heavy atom. The molecule has 5 fully saturated rings. The zero-order chi connectivity index (χ0) is 101. The highest BCUT2D eigenvalue weighted by molar-refractivity contribution is 5.97. The average Bonchev–Trinajstić information content (AvgIpc) is 1.72. The maximum Gasteiger partial charge on any atom is 0.254 e. The van der Waals surface area contributed by atoms with Gasteiger partial charge < -0.3 is 91.3 Å². The molecule has 38 nitrogen and oxygen atoms in total. The summed E-state index contributed by atoms with van der Waals surface area (Å²) in [6, 6.07) is 40.0. The molecular formula is C101H145N31O7. The fourth-order valence-corrected chi connectivity index (χ4v) is 13.9. The van der Waals surface area contributed by atoms with Gasteiger partial charge in [-0.2, -0.15) is 20.4 Å². The van der Waals surface area contributed by atoms with Crippen LogP contribution in [-0.2, 0) is 24.2 Å². The van der Waals surface area contributed by atoms with Crippen molar-refractivity contribution in [3.05, 3.63) is 245 Å². The number of nitrogens with zero attached hydrogens (tertiary/aromatic N) is 21. The van der Waals surface area contributed by atoms with E-state index in [9.17, 15) is 19.2 Å². The summed E-state index contributed by atoms with van der Waals surface area (Å²) in [6.07, 6.45) is 23.7. The summed E-state index contributed by atoms with van der Waals surface area (Å²) in [5.74, 6) is 11.3. The lowest BCUT2D eigenvalue weighted by molar-refractivity contribution is 0.0302. The Balaban J connectivity index is 0.000000189. The summed E-state index contributed by atoms with van der Waals surface area (Å²) in [5.41, 5.74) is 13.1. The van der Waals surface area contributed by atoms with Gasteiger partial charge in [0, 0.05) is 282 Å². The Morgan fingerprint density at radius 1 is 0.424 bits per heavy atom. The van der Waals surface area contributed by atoms with Gasteiger partial charge in [0.1, 0.15) is 64.4 Å². The van der Waals surface area contributed by atoms with Gasteiger partial charge in [-0.1, -0.05) is 32.0 Å².